The highest BCUT2D eigenvalue weighted by Gasteiger charge is 2.30. The van der Waals surface area contributed by atoms with Gasteiger partial charge in [0.1, 0.15) is 6.04 Å². The second-order valence-corrected chi connectivity index (χ2v) is 6.82. The average molecular weight is 285 g/mol. The Morgan fingerprint density at radius 3 is 2.89 bits per heavy atom. The lowest BCUT2D eigenvalue weighted by Crippen LogP contribution is -2.46. The summed E-state index contributed by atoms with van der Waals surface area (Å²) in [5.41, 5.74) is -0.185. The van der Waals surface area contributed by atoms with Gasteiger partial charge in [0.2, 0.25) is 5.89 Å². The van der Waals surface area contributed by atoms with Gasteiger partial charge in [-0.2, -0.15) is 16.7 Å². The van der Waals surface area contributed by atoms with Gasteiger partial charge in [0, 0.05) is 23.5 Å². The number of nitrogens with zero attached hydrogens (tertiary/aromatic N) is 3. The van der Waals surface area contributed by atoms with Crippen LogP contribution in [0.1, 0.15) is 32.5 Å². The van der Waals surface area contributed by atoms with E-state index in [-0.39, 0.29) is 5.41 Å². The molecule has 1 aromatic rings. The van der Waals surface area contributed by atoms with Crippen molar-refractivity contribution < 1.29 is 14.4 Å². The maximum Gasteiger partial charge on any atom is 0.321 e. The van der Waals surface area contributed by atoms with Crippen LogP contribution >= 0.6 is 11.8 Å². The van der Waals surface area contributed by atoms with Crippen molar-refractivity contribution in [2.45, 2.75) is 38.8 Å². The molecule has 0 saturated carbocycles. The molecule has 19 heavy (non-hydrogen) atoms. The largest absolute Gasteiger partial charge is 0.480 e. The molecule has 0 amide bonds. The average Bonchev–Trinajstić information content (AvgIpc) is 2.77. The van der Waals surface area contributed by atoms with Gasteiger partial charge < -0.3 is 9.63 Å². The molecule has 0 aliphatic carbocycles. The number of carboxylic acids is 1. The summed E-state index contributed by atoms with van der Waals surface area (Å²) in [6, 6.07) is -0.463. The Labute approximate surface area is 116 Å². The number of carboxylic acid groups (broad SMARTS) is 1. The van der Waals surface area contributed by atoms with Crippen molar-refractivity contribution in [2.24, 2.45) is 0 Å². The molecular weight excluding hydrogens is 266 g/mol. The standard InChI is InChI=1S/C12H19N3O3S/c1-12(2,3)11-13-9(14-18-11)6-15-4-5-19-7-8(15)10(16)17/h8H,4-7H2,1-3H3,(H,16,17). The SMILES string of the molecule is CC(C)(C)c1nc(CN2CCSCC2C(=O)O)no1. The van der Waals surface area contributed by atoms with E-state index in [0.717, 1.165) is 12.3 Å². The first-order valence-corrected chi connectivity index (χ1v) is 7.41. The molecule has 0 radical (unpaired) electrons. The van der Waals surface area contributed by atoms with Gasteiger partial charge >= 0.3 is 5.97 Å². The molecule has 1 aliphatic heterocycles. The predicted octanol–water partition coefficient (Wildman–Crippen LogP) is 1.37. The summed E-state index contributed by atoms with van der Waals surface area (Å²) < 4.78 is 5.23. The van der Waals surface area contributed by atoms with Gasteiger partial charge in [-0.25, -0.2) is 0 Å². The first-order chi connectivity index (χ1) is 8.88. The van der Waals surface area contributed by atoms with Gasteiger partial charge in [-0.05, 0) is 0 Å². The lowest BCUT2D eigenvalue weighted by Gasteiger charge is -2.31. The Morgan fingerprint density at radius 2 is 2.32 bits per heavy atom. The third-order valence-electron chi connectivity index (χ3n) is 2.98. The Hall–Kier alpha value is -1.08. The number of rotatable bonds is 3. The van der Waals surface area contributed by atoms with E-state index in [2.05, 4.69) is 10.1 Å². The summed E-state index contributed by atoms with van der Waals surface area (Å²) in [7, 11) is 0. The third kappa shape index (κ3) is 3.48. The summed E-state index contributed by atoms with van der Waals surface area (Å²) in [5, 5.41) is 13.1. The Bertz CT molecular complexity index is 455. The van der Waals surface area contributed by atoms with Crippen molar-refractivity contribution in [3.8, 4) is 0 Å². The van der Waals surface area contributed by atoms with Crippen LogP contribution in [0.3, 0.4) is 0 Å². The van der Waals surface area contributed by atoms with E-state index in [1.54, 1.807) is 11.8 Å². The Kier molecular flexibility index (Phi) is 4.15. The summed E-state index contributed by atoms with van der Waals surface area (Å²) in [6.45, 7) is 7.17. The molecule has 1 atom stereocenters. The van der Waals surface area contributed by atoms with Gasteiger partial charge in [-0.3, -0.25) is 9.69 Å². The zero-order valence-corrected chi connectivity index (χ0v) is 12.2. The summed E-state index contributed by atoms with van der Waals surface area (Å²) in [6.07, 6.45) is 0. The highest BCUT2D eigenvalue weighted by Crippen LogP contribution is 2.22. The van der Waals surface area contributed by atoms with Gasteiger partial charge in [0.15, 0.2) is 5.82 Å². The highest BCUT2D eigenvalue weighted by molar-refractivity contribution is 7.99. The van der Waals surface area contributed by atoms with Crippen LogP contribution in [-0.4, -0.2) is 50.2 Å². The monoisotopic (exact) mass is 285 g/mol. The minimum Gasteiger partial charge on any atom is -0.480 e. The minimum absolute atomic E-state index is 0.185. The molecule has 1 N–H and O–H groups in total. The summed E-state index contributed by atoms with van der Waals surface area (Å²) in [5.74, 6) is 1.91. The quantitative estimate of drug-likeness (QED) is 0.898. The minimum atomic E-state index is -0.785. The van der Waals surface area contributed by atoms with Crippen LogP contribution in [0, 0.1) is 0 Å². The second-order valence-electron chi connectivity index (χ2n) is 5.67. The van der Waals surface area contributed by atoms with Gasteiger partial charge in [0.25, 0.3) is 0 Å². The van der Waals surface area contributed by atoms with E-state index in [1.807, 2.05) is 25.7 Å². The van der Waals surface area contributed by atoms with Crippen molar-refractivity contribution >= 4 is 17.7 Å². The number of hydrogen-bond acceptors (Lipinski definition) is 6. The molecule has 1 saturated heterocycles. The van der Waals surface area contributed by atoms with Gasteiger partial charge in [-0.15, -0.1) is 0 Å². The van der Waals surface area contributed by atoms with Crippen LogP contribution in [0.5, 0.6) is 0 Å². The van der Waals surface area contributed by atoms with E-state index in [9.17, 15) is 9.90 Å². The number of carbonyl (C=O) groups is 1. The van der Waals surface area contributed by atoms with Crippen LogP contribution in [0.15, 0.2) is 4.52 Å². The predicted molar refractivity (Wildman–Crippen MR) is 72.2 cm³/mol. The molecule has 6 nitrogen and oxygen atoms in total. The van der Waals surface area contributed by atoms with Gasteiger partial charge in [0.05, 0.1) is 6.54 Å². The zero-order valence-electron chi connectivity index (χ0n) is 11.4. The molecule has 1 fully saturated rings. The summed E-state index contributed by atoms with van der Waals surface area (Å²) >= 11 is 1.67. The van der Waals surface area contributed by atoms with Crippen LogP contribution < -0.4 is 0 Å². The smallest absolute Gasteiger partial charge is 0.321 e. The van der Waals surface area contributed by atoms with E-state index < -0.39 is 12.0 Å². The van der Waals surface area contributed by atoms with Crippen molar-refractivity contribution in [3.63, 3.8) is 0 Å². The zero-order chi connectivity index (χ0) is 14.0. The Balaban J connectivity index is 2.07. The molecular formula is C12H19N3O3S. The van der Waals surface area contributed by atoms with E-state index >= 15 is 0 Å². The number of hydrogen-bond donors (Lipinski definition) is 1. The first-order valence-electron chi connectivity index (χ1n) is 6.25. The van der Waals surface area contributed by atoms with Crippen LogP contribution in [0.2, 0.25) is 0 Å². The van der Waals surface area contributed by atoms with Crippen molar-refractivity contribution in [1.82, 2.24) is 15.0 Å². The summed E-state index contributed by atoms with van der Waals surface area (Å²) in [4.78, 5) is 17.4. The van der Waals surface area contributed by atoms with Crippen molar-refractivity contribution in [3.05, 3.63) is 11.7 Å². The van der Waals surface area contributed by atoms with Gasteiger partial charge in [-0.1, -0.05) is 25.9 Å². The molecule has 7 heteroatoms. The fraction of sp³-hybridized carbons (Fsp3) is 0.750. The highest BCUT2D eigenvalue weighted by atomic mass is 32.2. The topological polar surface area (TPSA) is 79.5 Å². The molecule has 1 aliphatic rings. The van der Waals surface area contributed by atoms with Crippen molar-refractivity contribution in [2.75, 3.05) is 18.1 Å². The van der Waals surface area contributed by atoms with E-state index in [0.29, 0.717) is 24.0 Å². The maximum absolute atomic E-state index is 11.2. The van der Waals surface area contributed by atoms with Crippen LogP contribution in [0.4, 0.5) is 0 Å². The van der Waals surface area contributed by atoms with E-state index in [1.165, 1.54) is 0 Å². The number of aromatic nitrogens is 2. The van der Waals surface area contributed by atoms with E-state index in [4.69, 9.17) is 4.52 Å². The fourth-order valence-corrected chi connectivity index (χ4v) is 2.97. The molecule has 106 valence electrons. The third-order valence-corrected chi connectivity index (χ3v) is 4.00. The first kappa shape index (κ1) is 14.3. The lowest BCUT2D eigenvalue weighted by molar-refractivity contribution is -0.142. The number of aliphatic carboxylic acids is 1. The second kappa shape index (κ2) is 5.50. The van der Waals surface area contributed by atoms with Crippen LogP contribution in [0.25, 0.3) is 0 Å². The molecule has 1 aromatic heterocycles. The molecule has 0 spiro atoms. The molecule has 2 rings (SSSR count). The molecule has 0 aromatic carbocycles. The normalized spacial score (nSPS) is 21.5. The van der Waals surface area contributed by atoms with Crippen LogP contribution in [-0.2, 0) is 16.8 Å². The van der Waals surface area contributed by atoms with Crippen molar-refractivity contribution in [1.29, 1.82) is 0 Å². The Morgan fingerprint density at radius 1 is 1.58 bits per heavy atom. The molecule has 0 bridgehead atoms. The lowest BCUT2D eigenvalue weighted by atomic mass is 9.97. The molecule has 1 unspecified atom stereocenters. The number of thioether (sulfide) groups is 1. The fourth-order valence-electron chi connectivity index (χ4n) is 1.86. The maximum atomic E-state index is 11.2. The molecule has 2 heterocycles.